The first kappa shape index (κ1) is 16.3. The van der Waals surface area contributed by atoms with Crippen LogP contribution in [0.4, 0.5) is 0 Å². The lowest BCUT2D eigenvalue weighted by atomic mass is 10.0. The standard InChI is InChI=1S/C23H24N4/c1-25-12-6-7-18(25)17-24-27-15-13-26(14-16-27)23-21-10-4-2-8-19(21)20-9-3-5-11-22(20)23/h2-12,17,23H,13-16H2,1H3. The normalized spacial score (nSPS) is 17.4. The van der Waals surface area contributed by atoms with E-state index in [4.69, 9.17) is 5.10 Å². The average Bonchev–Trinajstić information content (AvgIpc) is 3.28. The number of hydrogen-bond donors (Lipinski definition) is 0. The van der Waals surface area contributed by atoms with E-state index in [9.17, 15) is 0 Å². The van der Waals surface area contributed by atoms with E-state index in [1.165, 1.54) is 22.3 Å². The van der Waals surface area contributed by atoms with Gasteiger partial charge in [0.05, 0.1) is 18.0 Å². The van der Waals surface area contributed by atoms with Crippen molar-refractivity contribution in [2.24, 2.45) is 12.1 Å². The molecular weight excluding hydrogens is 332 g/mol. The highest BCUT2D eigenvalue weighted by Crippen LogP contribution is 2.46. The van der Waals surface area contributed by atoms with Crippen molar-refractivity contribution in [1.82, 2.24) is 14.5 Å². The van der Waals surface area contributed by atoms with Crippen molar-refractivity contribution in [3.8, 4) is 11.1 Å². The molecule has 0 N–H and O–H groups in total. The Morgan fingerprint density at radius 3 is 2.04 bits per heavy atom. The molecule has 1 saturated heterocycles. The lowest BCUT2D eigenvalue weighted by Gasteiger charge is -2.37. The summed E-state index contributed by atoms with van der Waals surface area (Å²) in [4.78, 5) is 2.61. The van der Waals surface area contributed by atoms with Crippen LogP contribution in [0.2, 0.25) is 0 Å². The molecule has 0 radical (unpaired) electrons. The number of aryl methyl sites for hydroxylation is 1. The van der Waals surface area contributed by atoms with Gasteiger partial charge in [-0.3, -0.25) is 9.91 Å². The van der Waals surface area contributed by atoms with Crippen LogP contribution in [0.1, 0.15) is 22.9 Å². The summed E-state index contributed by atoms with van der Waals surface area (Å²) < 4.78 is 2.09. The maximum Gasteiger partial charge on any atom is 0.0707 e. The summed E-state index contributed by atoms with van der Waals surface area (Å²) in [7, 11) is 2.05. The van der Waals surface area contributed by atoms with Gasteiger partial charge in [0, 0.05) is 39.4 Å². The number of rotatable bonds is 3. The summed E-state index contributed by atoms with van der Waals surface area (Å²) >= 11 is 0. The molecule has 2 heterocycles. The topological polar surface area (TPSA) is 23.8 Å². The van der Waals surface area contributed by atoms with E-state index in [1.54, 1.807) is 0 Å². The highest BCUT2D eigenvalue weighted by atomic mass is 15.5. The zero-order chi connectivity index (χ0) is 18.2. The zero-order valence-corrected chi connectivity index (χ0v) is 15.6. The molecule has 0 spiro atoms. The van der Waals surface area contributed by atoms with Gasteiger partial charge >= 0.3 is 0 Å². The third-order valence-corrected chi connectivity index (χ3v) is 5.79. The molecule has 136 valence electrons. The minimum Gasteiger partial charge on any atom is -0.350 e. The third-order valence-electron chi connectivity index (χ3n) is 5.79. The van der Waals surface area contributed by atoms with Gasteiger partial charge in [-0.1, -0.05) is 48.5 Å². The van der Waals surface area contributed by atoms with Crippen LogP contribution in [0, 0.1) is 0 Å². The Labute approximate surface area is 160 Å². The number of hydrazone groups is 1. The fourth-order valence-electron chi connectivity index (χ4n) is 4.36. The maximum absolute atomic E-state index is 4.70. The Kier molecular flexibility index (Phi) is 4.06. The van der Waals surface area contributed by atoms with Crippen molar-refractivity contribution >= 4 is 6.21 Å². The molecule has 1 fully saturated rings. The average molecular weight is 356 g/mol. The van der Waals surface area contributed by atoms with Gasteiger partial charge in [-0.25, -0.2) is 0 Å². The van der Waals surface area contributed by atoms with Gasteiger partial charge in [0.2, 0.25) is 0 Å². The second-order valence-corrected chi connectivity index (χ2v) is 7.36. The van der Waals surface area contributed by atoms with Gasteiger partial charge in [0.25, 0.3) is 0 Å². The number of piperazine rings is 1. The number of nitrogens with zero attached hydrogens (tertiary/aromatic N) is 4. The Bertz CT molecular complexity index is 934. The van der Waals surface area contributed by atoms with Crippen molar-refractivity contribution in [2.75, 3.05) is 26.2 Å². The van der Waals surface area contributed by atoms with E-state index < -0.39 is 0 Å². The maximum atomic E-state index is 4.70. The predicted octanol–water partition coefficient (Wildman–Crippen LogP) is 3.75. The van der Waals surface area contributed by atoms with Crippen LogP contribution in [0.3, 0.4) is 0 Å². The molecule has 1 aromatic heterocycles. The first-order valence-corrected chi connectivity index (χ1v) is 9.64. The largest absolute Gasteiger partial charge is 0.350 e. The van der Waals surface area contributed by atoms with Crippen LogP contribution in [-0.4, -0.2) is 46.9 Å². The monoisotopic (exact) mass is 356 g/mol. The SMILES string of the molecule is Cn1cccc1C=NN1CCN(C2c3ccccc3-c3ccccc32)CC1. The molecule has 2 aliphatic rings. The van der Waals surface area contributed by atoms with Crippen LogP contribution >= 0.6 is 0 Å². The smallest absolute Gasteiger partial charge is 0.0707 e. The predicted molar refractivity (Wildman–Crippen MR) is 110 cm³/mol. The highest BCUT2D eigenvalue weighted by Gasteiger charge is 2.33. The summed E-state index contributed by atoms with van der Waals surface area (Å²) in [5.74, 6) is 0. The summed E-state index contributed by atoms with van der Waals surface area (Å²) in [6.45, 7) is 3.97. The summed E-state index contributed by atoms with van der Waals surface area (Å²) in [6, 6.07) is 22.2. The fourth-order valence-corrected chi connectivity index (χ4v) is 4.36. The van der Waals surface area contributed by atoms with Crippen LogP contribution < -0.4 is 0 Å². The second-order valence-electron chi connectivity index (χ2n) is 7.36. The lowest BCUT2D eigenvalue weighted by molar-refractivity contribution is 0.114. The molecule has 1 aliphatic carbocycles. The van der Waals surface area contributed by atoms with Crippen LogP contribution in [0.5, 0.6) is 0 Å². The molecule has 27 heavy (non-hydrogen) atoms. The molecule has 0 atom stereocenters. The third kappa shape index (κ3) is 2.86. The number of aromatic nitrogens is 1. The van der Waals surface area contributed by atoms with Crippen LogP contribution in [0.15, 0.2) is 72.0 Å². The van der Waals surface area contributed by atoms with Crippen LogP contribution in [0.25, 0.3) is 11.1 Å². The van der Waals surface area contributed by atoms with Gasteiger partial charge in [-0.05, 0) is 34.4 Å². The van der Waals surface area contributed by atoms with Crippen molar-refractivity contribution < 1.29 is 0 Å². The number of hydrogen-bond acceptors (Lipinski definition) is 3. The van der Waals surface area contributed by atoms with Crippen molar-refractivity contribution in [1.29, 1.82) is 0 Å². The minimum absolute atomic E-state index is 0.372. The van der Waals surface area contributed by atoms with Crippen molar-refractivity contribution in [3.63, 3.8) is 0 Å². The van der Waals surface area contributed by atoms with Crippen LogP contribution in [-0.2, 0) is 7.05 Å². The van der Waals surface area contributed by atoms with E-state index >= 15 is 0 Å². The highest BCUT2D eigenvalue weighted by molar-refractivity contribution is 5.78. The fraction of sp³-hybridized carbons (Fsp3) is 0.261. The molecule has 2 aromatic carbocycles. The number of fused-ring (bicyclic) bond motifs is 3. The quantitative estimate of drug-likeness (QED) is 0.668. The van der Waals surface area contributed by atoms with Crippen molar-refractivity contribution in [3.05, 3.63) is 83.7 Å². The molecule has 0 amide bonds. The Morgan fingerprint density at radius 1 is 0.815 bits per heavy atom. The molecule has 0 bridgehead atoms. The van der Waals surface area contributed by atoms with E-state index in [0.717, 1.165) is 31.9 Å². The Hall–Kier alpha value is -2.85. The van der Waals surface area contributed by atoms with E-state index in [-0.39, 0.29) is 0 Å². The van der Waals surface area contributed by atoms with Gasteiger partial charge in [-0.2, -0.15) is 5.10 Å². The molecule has 5 rings (SSSR count). The number of benzene rings is 2. The molecule has 0 saturated carbocycles. The summed E-state index contributed by atoms with van der Waals surface area (Å²) in [5, 5.41) is 6.89. The molecule has 4 heteroatoms. The lowest BCUT2D eigenvalue weighted by Crippen LogP contribution is -2.45. The molecule has 1 aliphatic heterocycles. The molecular formula is C23H24N4. The Balaban J connectivity index is 1.34. The van der Waals surface area contributed by atoms with Gasteiger partial charge < -0.3 is 4.57 Å². The van der Waals surface area contributed by atoms with E-state index in [2.05, 4.69) is 69.1 Å². The summed E-state index contributed by atoms with van der Waals surface area (Å²) in [5.41, 5.74) is 6.81. The van der Waals surface area contributed by atoms with Crippen molar-refractivity contribution in [2.45, 2.75) is 6.04 Å². The molecule has 3 aromatic rings. The zero-order valence-electron chi connectivity index (χ0n) is 15.6. The minimum atomic E-state index is 0.372. The first-order valence-electron chi connectivity index (χ1n) is 9.64. The van der Waals surface area contributed by atoms with Gasteiger partial charge in [-0.15, -0.1) is 0 Å². The second kappa shape index (κ2) is 6.71. The summed E-state index contributed by atoms with van der Waals surface area (Å²) in [6.07, 6.45) is 4.02. The van der Waals surface area contributed by atoms with Gasteiger partial charge in [0.15, 0.2) is 0 Å². The molecule has 4 nitrogen and oxygen atoms in total. The van der Waals surface area contributed by atoms with E-state index in [1.807, 2.05) is 25.5 Å². The Morgan fingerprint density at radius 2 is 1.44 bits per heavy atom. The van der Waals surface area contributed by atoms with Gasteiger partial charge in [0.1, 0.15) is 0 Å². The first-order chi connectivity index (χ1) is 13.3. The molecule has 0 unspecified atom stereocenters. The van der Waals surface area contributed by atoms with E-state index in [0.29, 0.717) is 6.04 Å².